The third-order valence-electron chi connectivity index (χ3n) is 2.85. The first kappa shape index (κ1) is 14.9. The van der Waals surface area contributed by atoms with Gasteiger partial charge in [-0.1, -0.05) is 0 Å². The predicted molar refractivity (Wildman–Crippen MR) is 81.4 cm³/mol. The van der Waals surface area contributed by atoms with Gasteiger partial charge in [0.2, 0.25) is 0 Å². The Bertz CT molecular complexity index is 685. The topological polar surface area (TPSA) is 77.8 Å². The molecule has 0 saturated carbocycles. The largest absolute Gasteiger partial charge is 0.507 e. The summed E-state index contributed by atoms with van der Waals surface area (Å²) in [6.45, 7) is 1.68. The molecule has 2 aromatic carbocycles. The summed E-state index contributed by atoms with van der Waals surface area (Å²) in [6.07, 6.45) is 0. The molecular formula is C14H10Br2O4. The Morgan fingerprint density at radius 3 is 2.30 bits per heavy atom. The summed E-state index contributed by atoms with van der Waals surface area (Å²) in [4.78, 5) is 12.5. The minimum absolute atomic E-state index is 0.0990. The lowest BCUT2D eigenvalue weighted by Crippen LogP contribution is -2.04. The highest BCUT2D eigenvalue weighted by atomic mass is 79.9. The SMILES string of the molecule is Cc1cc(Br)c(Br)c(C(=O)c2ccc(O)c(O)c2)c1O. The highest BCUT2D eigenvalue weighted by Gasteiger charge is 2.21. The van der Waals surface area contributed by atoms with E-state index in [9.17, 15) is 20.1 Å². The second-order valence-electron chi connectivity index (χ2n) is 4.25. The molecule has 0 aliphatic rings. The summed E-state index contributed by atoms with van der Waals surface area (Å²) in [7, 11) is 0. The average molecular weight is 402 g/mol. The average Bonchev–Trinajstić information content (AvgIpc) is 2.40. The maximum absolute atomic E-state index is 12.5. The molecule has 6 heteroatoms. The van der Waals surface area contributed by atoms with Crippen LogP contribution in [0.3, 0.4) is 0 Å². The molecule has 2 aromatic rings. The van der Waals surface area contributed by atoms with Crippen LogP contribution in [0.1, 0.15) is 21.5 Å². The molecule has 0 aliphatic heterocycles. The van der Waals surface area contributed by atoms with E-state index in [4.69, 9.17) is 0 Å². The molecule has 4 nitrogen and oxygen atoms in total. The zero-order valence-corrected chi connectivity index (χ0v) is 13.5. The standard InChI is InChI=1S/C14H10Br2O4/c1-6-4-8(15)12(16)11(13(6)19)14(20)7-2-3-9(17)10(18)5-7/h2-5,17-19H,1H3. The van der Waals surface area contributed by atoms with Crippen molar-refractivity contribution in [1.82, 2.24) is 0 Å². The minimum Gasteiger partial charge on any atom is -0.507 e. The zero-order valence-electron chi connectivity index (χ0n) is 10.3. The van der Waals surface area contributed by atoms with E-state index in [0.29, 0.717) is 14.5 Å². The van der Waals surface area contributed by atoms with Crippen LogP contribution >= 0.6 is 31.9 Å². The quantitative estimate of drug-likeness (QED) is 0.527. The maximum Gasteiger partial charge on any atom is 0.198 e. The maximum atomic E-state index is 12.5. The molecule has 0 aromatic heterocycles. The number of hydrogen-bond acceptors (Lipinski definition) is 4. The van der Waals surface area contributed by atoms with E-state index in [1.165, 1.54) is 12.1 Å². The predicted octanol–water partition coefficient (Wildman–Crippen LogP) is 3.87. The number of hydrogen-bond donors (Lipinski definition) is 3. The lowest BCUT2D eigenvalue weighted by Gasteiger charge is -2.11. The Hall–Kier alpha value is -1.53. The number of phenols is 3. The molecule has 0 heterocycles. The molecule has 0 atom stereocenters. The first-order valence-corrected chi connectivity index (χ1v) is 7.15. The third-order valence-corrected chi connectivity index (χ3v) is 4.83. The lowest BCUT2D eigenvalue weighted by atomic mass is 10.00. The smallest absolute Gasteiger partial charge is 0.198 e. The Labute approximate surface area is 131 Å². The van der Waals surface area contributed by atoms with Crippen molar-refractivity contribution >= 4 is 37.6 Å². The van der Waals surface area contributed by atoms with Gasteiger partial charge in [0.15, 0.2) is 17.3 Å². The number of rotatable bonds is 2. The molecule has 20 heavy (non-hydrogen) atoms. The van der Waals surface area contributed by atoms with Gasteiger partial charge in [-0.05, 0) is 68.6 Å². The number of benzene rings is 2. The van der Waals surface area contributed by atoms with Crippen molar-refractivity contribution in [2.24, 2.45) is 0 Å². The van der Waals surface area contributed by atoms with E-state index in [1.807, 2.05) is 0 Å². The fourth-order valence-electron chi connectivity index (χ4n) is 1.76. The summed E-state index contributed by atoms with van der Waals surface area (Å²) >= 11 is 6.55. The first-order valence-electron chi connectivity index (χ1n) is 5.57. The number of aryl methyl sites for hydroxylation is 1. The van der Waals surface area contributed by atoms with Crippen LogP contribution in [0.2, 0.25) is 0 Å². The fourth-order valence-corrected chi connectivity index (χ4v) is 2.78. The van der Waals surface area contributed by atoms with Crippen LogP contribution in [0, 0.1) is 6.92 Å². The van der Waals surface area contributed by atoms with E-state index >= 15 is 0 Å². The van der Waals surface area contributed by atoms with Gasteiger partial charge < -0.3 is 15.3 Å². The van der Waals surface area contributed by atoms with Gasteiger partial charge in [-0.15, -0.1) is 0 Å². The Kier molecular flexibility index (Phi) is 4.06. The van der Waals surface area contributed by atoms with Crippen LogP contribution in [-0.4, -0.2) is 21.1 Å². The molecule has 0 saturated heterocycles. The van der Waals surface area contributed by atoms with Crippen LogP contribution in [0.5, 0.6) is 17.2 Å². The second kappa shape index (κ2) is 5.46. The van der Waals surface area contributed by atoms with E-state index in [0.717, 1.165) is 6.07 Å². The van der Waals surface area contributed by atoms with Crippen molar-refractivity contribution in [2.75, 3.05) is 0 Å². The van der Waals surface area contributed by atoms with Gasteiger partial charge >= 0.3 is 0 Å². The van der Waals surface area contributed by atoms with Gasteiger partial charge in [-0.25, -0.2) is 0 Å². The van der Waals surface area contributed by atoms with Crippen molar-refractivity contribution in [3.05, 3.63) is 49.9 Å². The van der Waals surface area contributed by atoms with Crippen LogP contribution in [0.25, 0.3) is 0 Å². The highest BCUT2D eigenvalue weighted by molar-refractivity contribution is 9.13. The minimum atomic E-state index is -0.464. The third kappa shape index (κ3) is 2.53. The summed E-state index contributed by atoms with van der Waals surface area (Å²) in [5.41, 5.74) is 0.808. The van der Waals surface area contributed by atoms with Crippen LogP contribution in [0.15, 0.2) is 33.2 Å². The summed E-state index contributed by atoms with van der Waals surface area (Å²) in [5.74, 6) is -1.29. The summed E-state index contributed by atoms with van der Waals surface area (Å²) < 4.78 is 1.07. The molecule has 0 amide bonds. The first-order chi connectivity index (χ1) is 9.32. The molecule has 0 fully saturated rings. The van der Waals surface area contributed by atoms with E-state index in [-0.39, 0.29) is 22.6 Å². The highest BCUT2D eigenvalue weighted by Crippen LogP contribution is 2.38. The van der Waals surface area contributed by atoms with Crippen LogP contribution in [-0.2, 0) is 0 Å². The van der Waals surface area contributed by atoms with Crippen molar-refractivity contribution < 1.29 is 20.1 Å². The molecule has 0 radical (unpaired) electrons. The fraction of sp³-hybridized carbons (Fsp3) is 0.0714. The van der Waals surface area contributed by atoms with Gasteiger partial charge in [0, 0.05) is 14.5 Å². The molecule has 3 N–H and O–H groups in total. The molecule has 0 bridgehead atoms. The zero-order chi connectivity index (χ0) is 15.0. The number of ketones is 1. The van der Waals surface area contributed by atoms with Gasteiger partial charge in [0.05, 0.1) is 5.56 Å². The molecule has 0 spiro atoms. The number of carbonyl (C=O) groups is 1. The summed E-state index contributed by atoms with van der Waals surface area (Å²) in [6, 6.07) is 5.43. The van der Waals surface area contributed by atoms with Gasteiger partial charge in [0.1, 0.15) is 5.75 Å². The molecule has 0 unspecified atom stereocenters. The van der Waals surface area contributed by atoms with Crippen molar-refractivity contribution in [3.8, 4) is 17.2 Å². The molecule has 2 rings (SSSR count). The number of phenolic OH excluding ortho intramolecular Hbond substituents is 3. The van der Waals surface area contributed by atoms with Crippen molar-refractivity contribution in [2.45, 2.75) is 6.92 Å². The van der Waals surface area contributed by atoms with E-state index in [1.54, 1.807) is 13.0 Å². The number of aromatic hydroxyl groups is 3. The van der Waals surface area contributed by atoms with Crippen molar-refractivity contribution in [1.29, 1.82) is 0 Å². The Morgan fingerprint density at radius 1 is 1.05 bits per heavy atom. The molecule has 0 aliphatic carbocycles. The summed E-state index contributed by atoms with van der Waals surface area (Å²) in [5, 5.41) is 28.8. The number of carbonyl (C=O) groups excluding carboxylic acids is 1. The lowest BCUT2D eigenvalue weighted by molar-refractivity contribution is 0.103. The van der Waals surface area contributed by atoms with Crippen LogP contribution in [0.4, 0.5) is 0 Å². The monoisotopic (exact) mass is 400 g/mol. The second-order valence-corrected chi connectivity index (χ2v) is 5.89. The van der Waals surface area contributed by atoms with E-state index in [2.05, 4.69) is 31.9 Å². The molecular weight excluding hydrogens is 392 g/mol. The molecule has 104 valence electrons. The van der Waals surface area contributed by atoms with E-state index < -0.39 is 11.5 Å². The van der Waals surface area contributed by atoms with Gasteiger partial charge in [-0.3, -0.25) is 4.79 Å². The van der Waals surface area contributed by atoms with Crippen LogP contribution < -0.4 is 0 Å². The normalized spacial score (nSPS) is 10.6. The Balaban J connectivity index is 2.62. The van der Waals surface area contributed by atoms with Crippen molar-refractivity contribution in [3.63, 3.8) is 0 Å². The number of halogens is 2. The Morgan fingerprint density at radius 2 is 1.70 bits per heavy atom. The van der Waals surface area contributed by atoms with Gasteiger partial charge in [0.25, 0.3) is 0 Å². The van der Waals surface area contributed by atoms with Gasteiger partial charge in [-0.2, -0.15) is 0 Å².